The maximum atomic E-state index is 2.42. The third-order valence-corrected chi connectivity index (χ3v) is 11.0. The third kappa shape index (κ3) is 4.18. The molecule has 0 nitrogen and oxygen atoms in total. The first kappa shape index (κ1) is 25.5. The van der Waals surface area contributed by atoms with Gasteiger partial charge in [-0.2, -0.15) is 0 Å². The molecule has 0 aliphatic carbocycles. The molecule has 0 aliphatic rings. The average Bonchev–Trinajstić information content (AvgIpc) is 3.67. The van der Waals surface area contributed by atoms with Crippen LogP contribution in [0.5, 0.6) is 0 Å². The largest absolute Gasteiger partial charge is 0.135 e. The fourth-order valence-corrected chi connectivity index (χ4v) is 8.90. The second kappa shape index (κ2) is 10.3. The molecule has 0 atom stereocenters. The molecule has 0 unspecified atom stereocenters. The van der Waals surface area contributed by atoms with Crippen molar-refractivity contribution in [2.24, 2.45) is 0 Å². The highest BCUT2D eigenvalue weighted by atomic mass is 32.1. The van der Waals surface area contributed by atoms with Crippen molar-refractivity contribution in [2.45, 2.75) is 0 Å². The lowest BCUT2D eigenvalue weighted by molar-refractivity contribution is 1.58. The van der Waals surface area contributed by atoms with Crippen molar-refractivity contribution in [3.8, 4) is 44.5 Å². The van der Waals surface area contributed by atoms with Crippen molar-refractivity contribution in [1.82, 2.24) is 0 Å². The molecule has 0 amide bonds. The number of thiophene rings is 2. The van der Waals surface area contributed by atoms with E-state index in [1.54, 1.807) is 0 Å². The first-order valence-electron chi connectivity index (χ1n) is 14.9. The van der Waals surface area contributed by atoms with Crippen LogP contribution >= 0.6 is 22.7 Å². The highest BCUT2D eigenvalue weighted by Crippen LogP contribution is 2.47. The number of fused-ring (bicyclic) bond motifs is 6. The Morgan fingerprint density at radius 2 is 0.864 bits per heavy atom. The van der Waals surface area contributed by atoms with Crippen LogP contribution in [0.3, 0.4) is 0 Å². The van der Waals surface area contributed by atoms with E-state index in [-0.39, 0.29) is 0 Å². The van der Waals surface area contributed by atoms with E-state index in [0.29, 0.717) is 0 Å². The Kier molecular flexibility index (Phi) is 5.97. The monoisotopic (exact) mass is 594 g/mol. The fourth-order valence-electron chi connectivity index (χ4n) is 6.56. The van der Waals surface area contributed by atoms with Crippen molar-refractivity contribution < 1.29 is 0 Å². The Morgan fingerprint density at radius 3 is 1.64 bits per heavy atom. The molecule has 0 saturated carbocycles. The minimum absolute atomic E-state index is 1.23. The number of rotatable bonds is 4. The zero-order valence-electron chi connectivity index (χ0n) is 23.8. The van der Waals surface area contributed by atoms with Gasteiger partial charge in [-0.3, -0.25) is 0 Å². The molecule has 0 spiro atoms. The molecule has 0 saturated heterocycles. The highest BCUT2D eigenvalue weighted by molar-refractivity contribution is 7.26. The summed E-state index contributed by atoms with van der Waals surface area (Å²) >= 11 is 3.79. The second-order valence-electron chi connectivity index (χ2n) is 11.3. The van der Waals surface area contributed by atoms with Crippen molar-refractivity contribution in [3.63, 3.8) is 0 Å². The van der Waals surface area contributed by atoms with Crippen molar-refractivity contribution in [3.05, 3.63) is 158 Å². The molecule has 0 aliphatic heterocycles. The van der Waals surface area contributed by atoms with Gasteiger partial charge in [-0.25, -0.2) is 0 Å². The van der Waals surface area contributed by atoms with Crippen molar-refractivity contribution >= 4 is 63.0 Å². The minimum Gasteiger partial charge on any atom is -0.135 e. The maximum Gasteiger partial charge on any atom is 0.0434 e. The second-order valence-corrected chi connectivity index (χ2v) is 13.4. The van der Waals surface area contributed by atoms with E-state index in [0.717, 1.165) is 0 Å². The van der Waals surface area contributed by atoms with E-state index in [1.807, 2.05) is 22.7 Å². The van der Waals surface area contributed by atoms with Gasteiger partial charge in [0.2, 0.25) is 0 Å². The molecular weight excluding hydrogens is 569 g/mol. The van der Waals surface area contributed by atoms with Gasteiger partial charge < -0.3 is 0 Å². The summed E-state index contributed by atoms with van der Waals surface area (Å²) < 4.78 is 5.36. The lowest BCUT2D eigenvalue weighted by Crippen LogP contribution is -1.85. The van der Waals surface area contributed by atoms with E-state index < -0.39 is 0 Å². The van der Waals surface area contributed by atoms with Gasteiger partial charge in [0.1, 0.15) is 0 Å². The molecule has 0 bridgehead atoms. The SMILES string of the molecule is c1ccc(-c2cccc(-c3ccc(-c4cc(-c5cccc6sc7ccccc7c56)c5sc6ccccc6c5c4)cc3)c2)cc1. The smallest absolute Gasteiger partial charge is 0.0434 e. The van der Waals surface area contributed by atoms with Gasteiger partial charge in [-0.05, 0) is 75.3 Å². The molecule has 2 heterocycles. The Labute approximate surface area is 264 Å². The Bertz CT molecular complexity index is 2480. The van der Waals surface area contributed by atoms with Gasteiger partial charge in [0, 0.05) is 45.9 Å². The molecule has 2 aromatic heterocycles. The maximum absolute atomic E-state index is 2.42. The van der Waals surface area contributed by atoms with E-state index >= 15 is 0 Å². The standard InChI is InChI=1S/C42H26S2/c1-2-10-27(11-3-1)30-12-8-13-31(24-30)28-20-22-29(23-21-28)32-25-36-33-14-4-6-17-38(33)44-42(36)37(26-32)34-16-9-19-40-41(34)35-15-5-7-18-39(35)43-40/h1-26H. The quantitative estimate of drug-likeness (QED) is 0.190. The first-order valence-corrected chi connectivity index (χ1v) is 16.6. The fraction of sp³-hybridized carbons (Fsp3) is 0. The molecular formula is C42H26S2. The van der Waals surface area contributed by atoms with Crippen LogP contribution < -0.4 is 0 Å². The predicted octanol–water partition coefficient (Wildman–Crippen LogP) is 13.1. The van der Waals surface area contributed by atoms with Crippen LogP contribution in [-0.4, -0.2) is 0 Å². The van der Waals surface area contributed by atoms with Crippen LogP contribution in [0.4, 0.5) is 0 Å². The van der Waals surface area contributed by atoms with Crippen LogP contribution in [0, 0.1) is 0 Å². The van der Waals surface area contributed by atoms with E-state index in [9.17, 15) is 0 Å². The van der Waals surface area contributed by atoms with Crippen LogP contribution in [-0.2, 0) is 0 Å². The van der Waals surface area contributed by atoms with Gasteiger partial charge in [0.25, 0.3) is 0 Å². The predicted molar refractivity (Wildman–Crippen MR) is 194 cm³/mol. The summed E-state index contributed by atoms with van der Waals surface area (Å²) in [6.07, 6.45) is 0. The van der Waals surface area contributed by atoms with Gasteiger partial charge in [0.05, 0.1) is 0 Å². The van der Waals surface area contributed by atoms with Crippen molar-refractivity contribution in [1.29, 1.82) is 0 Å². The van der Waals surface area contributed by atoms with E-state index in [4.69, 9.17) is 0 Å². The van der Waals surface area contributed by atoms with Gasteiger partial charge >= 0.3 is 0 Å². The zero-order valence-corrected chi connectivity index (χ0v) is 25.5. The van der Waals surface area contributed by atoms with E-state index in [1.165, 1.54) is 84.9 Å². The summed E-state index contributed by atoms with van der Waals surface area (Å²) in [5, 5.41) is 5.35. The van der Waals surface area contributed by atoms with Gasteiger partial charge in [-0.1, -0.05) is 121 Å². The highest BCUT2D eigenvalue weighted by Gasteiger charge is 2.17. The molecule has 2 heteroatoms. The van der Waals surface area contributed by atoms with Gasteiger partial charge in [0.15, 0.2) is 0 Å². The Morgan fingerprint density at radius 1 is 0.295 bits per heavy atom. The van der Waals surface area contributed by atoms with Crippen LogP contribution in [0.2, 0.25) is 0 Å². The Hall–Kier alpha value is -5.02. The average molecular weight is 595 g/mol. The van der Waals surface area contributed by atoms with Crippen LogP contribution in [0.1, 0.15) is 0 Å². The summed E-state index contributed by atoms with van der Waals surface area (Å²) in [5.74, 6) is 0. The molecule has 0 N–H and O–H groups in total. The summed E-state index contributed by atoms with van der Waals surface area (Å²) in [6, 6.07) is 57.8. The summed E-state index contributed by atoms with van der Waals surface area (Å²) in [6.45, 7) is 0. The molecule has 9 aromatic rings. The normalized spacial score (nSPS) is 11.6. The summed E-state index contributed by atoms with van der Waals surface area (Å²) in [7, 11) is 0. The molecule has 7 aromatic carbocycles. The number of benzene rings is 7. The van der Waals surface area contributed by atoms with Crippen LogP contribution in [0.15, 0.2) is 158 Å². The zero-order chi connectivity index (χ0) is 29.0. The lowest BCUT2D eigenvalue weighted by atomic mass is 9.92. The molecule has 9 rings (SSSR count). The van der Waals surface area contributed by atoms with Crippen molar-refractivity contribution in [2.75, 3.05) is 0 Å². The number of hydrogen-bond donors (Lipinski definition) is 0. The summed E-state index contributed by atoms with van der Waals surface area (Å²) in [4.78, 5) is 0. The Balaban J connectivity index is 1.22. The topological polar surface area (TPSA) is 0 Å². The third-order valence-electron chi connectivity index (χ3n) is 8.69. The summed E-state index contributed by atoms with van der Waals surface area (Å²) in [5.41, 5.74) is 10.0. The van der Waals surface area contributed by atoms with Crippen LogP contribution in [0.25, 0.3) is 84.9 Å². The molecule has 206 valence electrons. The lowest BCUT2D eigenvalue weighted by Gasteiger charge is -2.12. The van der Waals surface area contributed by atoms with Gasteiger partial charge in [-0.15, -0.1) is 22.7 Å². The molecule has 44 heavy (non-hydrogen) atoms. The number of hydrogen-bond acceptors (Lipinski definition) is 2. The molecule has 0 radical (unpaired) electrons. The first-order chi connectivity index (χ1) is 21.8. The van der Waals surface area contributed by atoms with E-state index in [2.05, 4.69) is 158 Å². The minimum atomic E-state index is 1.23. The molecule has 0 fully saturated rings.